The molecule has 27 heavy (non-hydrogen) atoms. The standard InChI is InChI=1S/C22H25FN2O2/c23-18-7-2-6-17(14-18)16-5-1-4-15(12-16)13-20-19(9-10-24-20)25-22(26)21-8-3-11-27-21/h1-2,4-7,12,14,19-21,24H,3,8-11,13H2,(H,25,26)/t19-,20-,21?/m0/s1. The zero-order valence-electron chi connectivity index (χ0n) is 15.3. The quantitative estimate of drug-likeness (QED) is 0.853. The molecule has 0 saturated carbocycles. The monoisotopic (exact) mass is 368 g/mol. The van der Waals surface area contributed by atoms with Gasteiger partial charge in [-0.2, -0.15) is 0 Å². The summed E-state index contributed by atoms with van der Waals surface area (Å²) in [5, 5.41) is 6.67. The number of ether oxygens (including phenoxy) is 1. The van der Waals surface area contributed by atoms with Crippen molar-refractivity contribution in [1.29, 1.82) is 0 Å². The van der Waals surface area contributed by atoms with Gasteiger partial charge < -0.3 is 15.4 Å². The molecule has 0 aromatic heterocycles. The van der Waals surface area contributed by atoms with E-state index in [0.29, 0.717) is 6.61 Å². The summed E-state index contributed by atoms with van der Waals surface area (Å²) in [5.74, 6) is -0.216. The number of hydrogen-bond acceptors (Lipinski definition) is 3. The third-order valence-electron chi connectivity index (χ3n) is 5.44. The summed E-state index contributed by atoms with van der Waals surface area (Å²) >= 11 is 0. The normalized spacial score (nSPS) is 24.9. The van der Waals surface area contributed by atoms with Crippen LogP contribution in [0.25, 0.3) is 11.1 Å². The third-order valence-corrected chi connectivity index (χ3v) is 5.44. The second-order valence-electron chi connectivity index (χ2n) is 7.38. The van der Waals surface area contributed by atoms with Crippen molar-refractivity contribution in [3.05, 3.63) is 59.9 Å². The molecule has 2 aliphatic heterocycles. The van der Waals surface area contributed by atoms with Gasteiger partial charge in [0, 0.05) is 18.7 Å². The SMILES string of the molecule is O=C(N[C@H]1CCN[C@H]1Cc1cccc(-c2cccc(F)c2)c1)C1CCCO1. The molecule has 0 spiro atoms. The molecule has 2 aliphatic rings. The van der Waals surface area contributed by atoms with Crippen molar-refractivity contribution in [1.82, 2.24) is 10.6 Å². The highest BCUT2D eigenvalue weighted by molar-refractivity contribution is 5.81. The molecular formula is C22H25FN2O2. The van der Waals surface area contributed by atoms with Crippen LogP contribution in [0.1, 0.15) is 24.8 Å². The van der Waals surface area contributed by atoms with Gasteiger partial charge in [-0.3, -0.25) is 4.79 Å². The molecule has 0 radical (unpaired) electrons. The Morgan fingerprint density at radius 2 is 1.96 bits per heavy atom. The summed E-state index contributed by atoms with van der Waals surface area (Å²) < 4.78 is 19.0. The Morgan fingerprint density at radius 1 is 1.15 bits per heavy atom. The van der Waals surface area contributed by atoms with Crippen LogP contribution in [0.3, 0.4) is 0 Å². The third kappa shape index (κ3) is 4.37. The maximum atomic E-state index is 13.5. The number of amides is 1. The van der Waals surface area contributed by atoms with Gasteiger partial charge >= 0.3 is 0 Å². The van der Waals surface area contributed by atoms with E-state index in [-0.39, 0.29) is 29.9 Å². The first-order chi connectivity index (χ1) is 13.2. The maximum absolute atomic E-state index is 13.5. The lowest BCUT2D eigenvalue weighted by Gasteiger charge is -2.22. The Bertz CT molecular complexity index is 804. The Hall–Kier alpha value is -2.24. The zero-order chi connectivity index (χ0) is 18.6. The molecule has 2 saturated heterocycles. The largest absolute Gasteiger partial charge is 0.368 e. The highest BCUT2D eigenvalue weighted by atomic mass is 19.1. The summed E-state index contributed by atoms with van der Waals surface area (Å²) in [6.45, 7) is 1.57. The van der Waals surface area contributed by atoms with Gasteiger partial charge in [-0.15, -0.1) is 0 Å². The van der Waals surface area contributed by atoms with Crippen LogP contribution in [0.4, 0.5) is 4.39 Å². The van der Waals surface area contributed by atoms with Crippen molar-refractivity contribution >= 4 is 5.91 Å². The fourth-order valence-corrected chi connectivity index (χ4v) is 4.01. The van der Waals surface area contributed by atoms with Crippen molar-refractivity contribution in [2.24, 2.45) is 0 Å². The fourth-order valence-electron chi connectivity index (χ4n) is 4.01. The van der Waals surface area contributed by atoms with Crippen molar-refractivity contribution < 1.29 is 13.9 Å². The van der Waals surface area contributed by atoms with Gasteiger partial charge in [0.05, 0.1) is 0 Å². The average molecular weight is 368 g/mol. The van der Waals surface area contributed by atoms with Gasteiger partial charge in [0.1, 0.15) is 11.9 Å². The zero-order valence-corrected chi connectivity index (χ0v) is 15.3. The van der Waals surface area contributed by atoms with Crippen LogP contribution in [0.15, 0.2) is 48.5 Å². The van der Waals surface area contributed by atoms with Crippen LogP contribution in [0.2, 0.25) is 0 Å². The molecule has 1 unspecified atom stereocenters. The molecule has 5 heteroatoms. The Kier molecular flexibility index (Phi) is 5.50. The van der Waals surface area contributed by atoms with Gasteiger partial charge in [0.25, 0.3) is 0 Å². The van der Waals surface area contributed by atoms with E-state index in [0.717, 1.165) is 43.4 Å². The molecule has 2 aromatic carbocycles. The lowest BCUT2D eigenvalue weighted by Crippen LogP contribution is -2.47. The molecule has 4 rings (SSSR count). The van der Waals surface area contributed by atoms with Gasteiger partial charge in [-0.25, -0.2) is 4.39 Å². The number of rotatable bonds is 5. The minimum Gasteiger partial charge on any atom is -0.368 e. The van der Waals surface area contributed by atoms with Crippen LogP contribution >= 0.6 is 0 Å². The van der Waals surface area contributed by atoms with Crippen LogP contribution in [-0.2, 0) is 16.0 Å². The molecule has 2 N–H and O–H groups in total. The predicted octanol–water partition coefficient (Wildman–Crippen LogP) is 3.06. The van der Waals surface area contributed by atoms with Gasteiger partial charge in [-0.05, 0) is 61.1 Å². The Labute approximate surface area is 159 Å². The van der Waals surface area contributed by atoms with E-state index in [9.17, 15) is 9.18 Å². The maximum Gasteiger partial charge on any atom is 0.249 e. The average Bonchev–Trinajstić information content (AvgIpc) is 3.35. The number of nitrogens with one attached hydrogen (secondary N) is 2. The molecule has 2 fully saturated rings. The topological polar surface area (TPSA) is 50.4 Å². The van der Waals surface area contributed by atoms with E-state index in [4.69, 9.17) is 4.74 Å². The highest BCUT2D eigenvalue weighted by Gasteiger charge is 2.31. The number of benzene rings is 2. The van der Waals surface area contributed by atoms with Crippen molar-refractivity contribution in [3.8, 4) is 11.1 Å². The van der Waals surface area contributed by atoms with E-state index in [1.54, 1.807) is 12.1 Å². The van der Waals surface area contributed by atoms with Crippen LogP contribution in [-0.4, -0.2) is 37.2 Å². The number of hydrogen-bond donors (Lipinski definition) is 2. The Balaban J connectivity index is 1.43. The number of halogens is 1. The van der Waals surface area contributed by atoms with Crippen LogP contribution in [0.5, 0.6) is 0 Å². The predicted molar refractivity (Wildman–Crippen MR) is 103 cm³/mol. The van der Waals surface area contributed by atoms with E-state index in [1.165, 1.54) is 11.6 Å². The molecular weight excluding hydrogens is 343 g/mol. The summed E-state index contributed by atoms with van der Waals surface area (Å²) in [4.78, 5) is 12.4. The van der Waals surface area contributed by atoms with E-state index < -0.39 is 0 Å². The summed E-state index contributed by atoms with van der Waals surface area (Å²) in [5.41, 5.74) is 3.05. The summed E-state index contributed by atoms with van der Waals surface area (Å²) in [6, 6.07) is 15.1. The van der Waals surface area contributed by atoms with Crippen molar-refractivity contribution in [2.45, 2.75) is 43.9 Å². The molecule has 0 aliphatic carbocycles. The molecule has 1 amide bonds. The summed E-state index contributed by atoms with van der Waals surface area (Å²) in [7, 11) is 0. The molecule has 2 aromatic rings. The number of carbonyl (C=O) groups is 1. The van der Waals surface area contributed by atoms with E-state index in [2.05, 4.69) is 22.8 Å². The van der Waals surface area contributed by atoms with Crippen LogP contribution < -0.4 is 10.6 Å². The molecule has 0 bridgehead atoms. The van der Waals surface area contributed by atoms with E-state index in [1.807, 2.05) is 18.2 Å². The molecule has 142 valence electrons. The molecule has 2 heterocycles. The fraction of sp³-hybridized carbons (Fsp3) is 0.409. The van der Waals surface area contributed by atoms with Crippen molar-refractivity contribution in [2.75, 3.05) is 13.2 Å². The van der Waals surface area contributed by atoms with Gasteiger partial charge in [0.2, 0.25) is 5.91 Å². The minimum atomic E-state index is -0.289. The lowest BCUT2D eigenvalue weighted by atomic mass is 9.97. The first kappa shape index (κ1) is 18.1. The van der Waals surface area contributed by atoms with E-state index >= 15 is 0 Å². The lowest BCUT2D eigenvalue weighted by molar-refractivity contribution is -0.130. The first-order valence-electron chi connectivity index (χ1n) is 9.69. The van der Waals surface area contributed by atoms with Crippen LogP contribution in [0, 0.1) is 5.82 Å². The second kappa shape index (κ2) is 8.19. The van der Waals surface area contributed by atoms with Crippen molar-refractivity contribution in [3.63, 3.8) is 0 Å². The molecule has 3 atom stereocenters. The number of carbonyl (C=O) groups excluding carboxylic acids is 1. The minimum absolute atomic E-state index is 0.0136. The highest BCUT2D eigenvalue weighted by Crippen LogP contribution is 2.23. The second-order valence-corrected chi connectivity index (χ2v) is 7.38. The smallest absolute Gasteiger partial charge is 0.249 e. The molecule has 4 nitrogen and oxygen atoms in total. The Morgan fingerprint density at radius 3 is 2.74 bits per heavy atom. The van der Waals surface area contributed by atoms with Gasteiger partial charge in [-0.1, -0.05) is 36.4 Å². The summed E-state index contributed by atoms with van der Waals surface area (Å²) in [6.07, 6.45) is 3.22. The van der Waals surface area contributed by atoms with Gasteiger partial charge in [0.15, 0.2) is 0 Å². The first-order valence-corrected chi connectivity index (χ1v) is 9.69.